The highest BCUT2D eigenvalue weighted by Gasteiger charge is 2.04. The van der Waals surface area contributed by atoms with Gasteiger partial charge in [-0.25, -0.2) is 4.79 Å². The first-order chi connectivity index (χ1) is 7.04. The summed E-state index contributed by atoms with van der Waals surface area (Å²) < 4.78 is 0. The van der Waals surface area contributed by atoms with Gasteiger partial charge in [0, 0.05) is 5.57 Å². The van der Waals surface area contributed by atoms with Crippen LogP contribution in [0, 0.1) is 6.92 Å². The van der Waals surface area contributed by atoms with Crippen LogP contribution in [0.15, 0.2) is 23.8 Å². The van der Waals surface area contributed by atoms with E-state index in [-0.39, 0.29) is 5.75 Å². The molecule has 1 rings (SSSR count). The van der Waals surface area contributed by atoms with Gasteiger partial charge >= 0.3 is 5.97 Å². The van der Waals surface area contributed by atoms with Crippen LogP contribution in [0.4, 0.5) is 0 Å². The third kappa shape index (κ3) is 2.84. The number of benzene rings is 1. The zero-order chi connectivity index (χ0) is 11.4. The molecule has 0 saturated carbocycles. The quantitative estimate of drug-likeness (QED) is 0.747. The summed E-state index contributed by atoms with van der Waals surface area (Å²) in [4.78, 5) is 10.8. The number of aryl methyl sites for hydroxylation is 1. The van der Waals surface area contributed by atoms with Crippen LogP contribution in [0.3, 0.4) is 0 Å². The van der Waals surface area contributed by atoms with E-state index in [4.69, 9.17) is 5.11 Å². The lowest BCUT2D eigenvalue weighted by molar-refractivity contribution is -0.132. The fourth-order valence-electron chi connectivity index (χ4n) is 1.28. The van der Waals surface area contributed by atoms with Gasteiger partial charge in [-0.1, -0.05) is 13.0 Å². The predicted molar refractivity (Wildman–Crippen MR) is 58.7 cm³/mol. The Labute approximate surface area is 88.7 Å². The molecule has 1 aromatic rings. The van der Waals surface area contributed by atoms with Gasteiger partial charge in [-0.3, -0.25) is 0 Å². The molecule has 0 bridgehead atoms. The monoisotopic (exact) mass is 206 g/mol. The molecule has 0 unspecified atom stereocenters. The summed E-state index contributed by atoms with van der Waals surface area (Å²) in [5.74, 6) is -0.677. The normalized spacial score (nSPS) is 11.5. The Hall–Kier alpha value is -1.77. The molecular formula is C12H14O3. The van der Waals surface area contributed by atoms with Gasteiger partial charge in [0.05, 0.1) is 0 Å². The van der Waals surface area contributed by atoms with Gasteiger partial charge in [-0.05, 0) is 42.7 Å². The number of rotatable bonds is 3. The minimum Gasteiger partial charge on any atom is -0.508 e. The van der Waals surface area contributed by atoms with Crippen molar-refractivity contribution in [3.63, 3.8) is 0 Å². The van der Waals surface area contributed by atoms with Crippen molar-refractivity contribution in [1.29, 1.82) is 0 Å². The van der Waals surface area contributed by atoms with Gasteiger partial charge < -0.3 is 10.2 Å². The molecule has 0 aliphatic carbocycles. The van der Waals surface area contributed by atoms with Crippen LogP contribution >= 0.6 is 0 Å². The standard InChI is InChI=1S/C12H14O3/c1-3-10(12(14)15)7-9-4-5-11(13)8(2)6-9/h4-7,13H,3H2,1-2H3,(H,14,15). The van der Waals surface area contributed by atoms with Crippen molar-refractivity contribution in [2.45, 2.75) is 20.3 Å². The average molecular weight is 206 g/mol. The van der Waals surface area contributed by atoms with E-state index in [0.29, 0.717) is 12.0 Å². The number of aromatic hydroxyl groups is 1. The van der Waals surface area contributed by atoms with E-state index in [1.807, 2.05) is 0 Å². The van der Waals surface area contributed by atoms with Crippen molar-refractivity contribution in [3.05, 3.63) is 34.9 Å². The fraction of sp³-hybridized carbons (Fsp3) is 0.250. The molecule has 1 aromatic carbocycles. The van der Waals surface area contributed by atoms with Gasteiger partial charge in [0.25, 0.3) is 0 Å². The number of hydrogen-bond donors (Lipinski definition) is 2. The molecule has 3 heteroatoms. The first-order valence-electron chi connectivity index (χ1n) is 4.78. The topological polar surface area (TPSA) is 57.5 Å². The van der Waals surface area contributed by atoms with E-state index in [9.17, 15) is 9.90 Å². The molecule has 80 valence electrons. The minimum absolute atomic E-state index is 0.223. The number of hydrogen-bond acceptors (Lipinski definition) is 2. The Morgan fingerprint density at radius 2 is 2.13 bits per heavy atom. The molecule has 0 radical (unpaired) electrons. The molecule has 0 aliphatic heterocycles. The zero-order valence-electron chi connectivity index (χ0n) is 8.82. The number of carboxylic acid groups (broad SMARTS) is 1. The maximum absolute atomic E-state index is 10.8. The van der Waals surface area contributed by atoms with Gasteiger partial charge in [-0.15, -0.1) is 0 Å². The maximum Gasteiger partial charge on any atom is 0.331 e. The Morgan fingerprint density at radius 1 is 1.47 bits per heavy atom. The lowest BCUT2D eigenvalue weighted by atomic mass is 10.1. The molecule has 0 aromatic heterocycles. The largest absolute Gasteiger partial charge is 0.508 e. The summed E-state index contributed by atoms with van der Waals surface area (Å²) in [5.41, 5.74) is 1.90. The third-order valence-electron chi connectivity index (χ3n) is 2.22. The molecule has 15 heavy (non-hydrogen) atoms. The van der Waals surface area contributed by atoms with Crippen LogP contribution < -0.4 is 0 Å². The van der Waals surface area contributed by atoms with Gasteiger partial charge in [0.2, 0.25) is 0 Å². The van der Waals surface area contributed by atoms with Crippen LogP contribution in [0.5, 0.6) is 5.75 Å². The van der Waals surface area contributed by atoms with E-state index in [1.54, 1.807) is 38.1 Å². The second-order valence-corrected chi connectivity index (χ2v) is 3.37. The SMILES string of the molecule is CCC(=Cc1ccc(O)c(C)c1)C(=O)O. The van der Waals surface area contributed by atoms with Crippen molar-refractivity contribution in [3.8, 4) is 5.75 Å². The predicted octanol–water partition coefficient (Wildman–Crippen LogP) is 2.58. The second-order valence-electron chi connectivity index (χ2n) is 3.37. The van der Waals surface area contributed by atoms with Gasteiger partial charge in [0.15, 0.2) is 0 Å². The van der Waals surface area contributed by atoms with Crippen LogP contribution in [0.2, 0.25) is 0 Å². The minimum atomic E-state index is -0.900. The van der Waals surface area contributed by atoms with E-state index >= 15 is 0 Å². The van der Waals surface area contributed by atoms with Gasteiger partial charge in [0.1, 0.15) is 5.75 Å². The van der Waals surface area contributed by atoms with Crippen molar-refractivity contribution in [1.82, 2.24) is 0 Å². The summed E-state index contributed by atoms with van der Waals surface area (Å²) in [6.45, 7) is 3.58. The fourth-order valence-corrected chi connectivity index (χ4v) is 1.28. The van der Waals surface area contributed by atoms with Crippen LogP contribution in [-0.2, 0) is 4.79 Å². The molecule has 0 spiro atoms. The summed E-state index contributed by atoms with van der Waals surface area (Å²) in [6, 6.07) is 5.02. The molecule has 0 atom stereocenters. The molecular weight excluding hydrogens is 192 g/mol. The smallest absolute Gasteiger partial charge is 0.331 e. The molecule has 0 amide bonds. The summed E-state index contributed by atoms with van der Waals surface area (Å²) in [7, 11) is 0. The number of carboxylic acids is 1. The number of phenols is 1. The Bertz CT molecular complexity index is 405. The van der Waals surface area contributed by atoms with E-state index in [2.05, 4.69) is 0 Å². The van der Waals surface area contributed by atoms with Crippen molar-refractivity contribution in [2.75, 3.05) is 0 Å². The van der Waals surface area contributed by atoms with Crippen molar-refractivity contribution in [2.24, 2.45) is 0 Å². The van der Waals surface area contributed by atoms with Crippen LogP contribution in [0.1, 0.15) is 24.5 Å². The Balaban J connectivity index is 3.07. The molecule has 0 fully saturated rings. The van der Waals surface area contributed by atoms with E-state index in [1.165, 1.54) is 0 Å². The number of carbonyl (C=O) groups is 1. The molecule has 0 aliphatic rings. The first kappa shape index (κ1) is 11.3. The van der Waals surface area contributed by atoms with Crippen LogP contribution in [-0.4, -0.2) is 16.2 Å². The van der Waals surface area contributed by atoms with Crippen molar-refractivity contribution >= 4 is 12.0 Å². The lowest BCUT2D eigenvalue weighted by Crippen LogP contribution is -1.98. The second kappa shape index (κ2) is 4.64. The molecule has 0 saturated heterocycles. The highest BCUT2D eigenvalue weighted by atomic mass is 16.4. The third-order valence-corrected chi connectivity index (χ3v) is 2.22. The van der Waals surface area contributed by atoms with Gasteiger partial charge in [-0.2, -0.15) is 0 Å². The lowest BCUT2D eigenvalue weighted by Gasteiger charge is -2.01. The average Bonchev–Trinajstić information content (AvgIpc) is 2.19. The van der Waals surface area contributed by atoms with E-state index < -0.39 is 5.97 Å². The van der Waals surface area contributed by atoms with Crippen LogP contribution in [0.25, 0.3) is 6.08 Å². The Kier molecular flexibility index (Phi) is 3.50. The maximum atomic E-state index is 10.8. The summed E-state index contributed by atoms with van der Waals surface area (Å²) in [5, 5.41) is 18.1. The summed E-state index contributed by atoms with van der Waals surface area (Å²) in [6.07, 6.45) is 2.10. The summed E-state index contributed by atoms with van der Waals surface area (Å²) >= 11 is 0. The Morgan fingerprint density at radius 3 is 2.60 bits per heavy atom. The zero-order valence-corrected chi connectivity index (χ0v) is 8.82. The van der Waals surface area contributed by atoms with E-state index in [0.717, 1.165) is 11.1 Å². The van der Waals surface area contributed by atoms with Crippen molar-refractivity contribution < 1.29 is 15.0 Å². The number of phenolic OH excluding ortho intramolecular Hbond substituents is 1. The molecule has 3 nitrogen and oxygen atoms in total. The highest BCUT2D eigenvalue weighted by Crippen LogP contribution is 2.19. The molecule has 2 N–H and O–H groups in total. The first-order valence-corrected chi connectivity index (χ1v) is 4.78. The highest BCUT2D eigenvalue weighted by molar-refractivity contribution is 5.92. The number of aliphatic carboxylic acids is 1. The molecule has 0 heterocycles.